The number of aryl methyl sites for hydroxylation is 1. The van der Waals surface area contributed by atoms with Crippen LogP contribution in [0.1, 0.15) is 48.8 Å². The lowest BCUT2D eigenvalue weighted by Crippen LogP contribution is -2.55. The van der Waals surface area contributed by atoms with Gasteiger partial charge >= 0.3 is 0 Å². The highest BCUT2D eigenvalue weighted by Gasteiger charge is 2.35. The molecule has 0 aliphatic heterocycles. The predicted molar refractivity (Wildman–Crippen MR) is 186 cm³/mol. The van der Waals surface area contributed by atoms with Crippen LogP contribution in [0.5, 0.6) is 0 Å². The molecule has 1 aliphatic carbocycles. The smallest absolute Gasteiger partial charge is 0.264 e. The third-order valence-electron chi connectivity index (χ3n) is 8.42. The zero-order valence-electron chi connectivity index (χ0n) is 26.0. The van der Waals surface area contributed by atoms with Gasteiger partial charge in [0.05, 0.1) is 10.6 Å². The summed E-state index contributed by atoms with van der Waals surface area (Å²) in [5.74, 6) is -0.697. The van der Waals surface area contributed by atoms with Crippen LogP contribution in [0.15, 0.2) is 119 Å². The van der Waals surface area contributed by atoms with Crippen molar-refractivity contribution in [2.24, 2.45) is 0 Å². The van der Waals surface area contributed by atoms with Gasteiger partial charge in [0.15, 0.2) is 0 Å². The molecule has 0 spiro atoms. The molecule has 1 N–H and O–H groups in total. The van der Waals surface area contributed by atoms with Gasteiger partial charge in [-0.15, -0.1) is 0 Å². The molecule has 240 valence electrons. The van der Waals surface area contributed by atoms with Crippen molar-refractivity contribution in [1.29, 1.82) is 0 Å². The molecule has 4 aromatic carbocycles. The molecule has 46 heavy (non-hydrogen) atoms. The van der Waals surface area contributed by atoms with Gasteiger partial charge in [-0.2, -0.15) is 0 Å². The minimum absolute atomic E-state index is 0.0478. The Morgan fingerprint density at radius 3 is 2.04 bits per heavy atom. The second kappa shape index (κ2) is 15.6. The molecule has 1 aliphatic rings. The monoisotopic (exact) mass is 701 g/mol. The van der Waals surface area contributed by atoms with Gasteiger partial charge in [-0.05, 0) is 67.3 Å². The number of hydrogen-bond acceptors (Lipinski definition) is 4. The van der Waals surface area contributed by atoms with E-state index in [2.05, 4.69) is 21.2 Å². The largest absolute Gasteiger partial charge is 0.352 e. The van der Waals surface area contributed by atoms with Gasteiger partial charge in [-0.25, -0.2) is 8.42 Å². The summed E-state index contributed by atoms with van der Waals surface area (Å²) in [5, 5.41) is 3.24. The van der Waals surface area contributed by atoms with E-state index >= 15 is 0 Å². The van der Waals surface area contributed by atoms with Crippen LogP contribution in [-0.4, -0.2) is 43.8 Å². The van der Waals surface area contributed by atoms with Crippen molar-refractivity contribution in [3.8, 4) is 0 Å². The Morgan fingerprint density at radius 1 is 0.804 bits per heavy atom. The number of amides is 2. The zero-order chi connectivity index (χ0) is 32.5. The number of benzene rings is 4. The Balaban J connectivity index is 1.55. The molecule has 4 aromatic rings. The number of hydrogen-bond donors (Lipinski definition) is 1. The molecule has 1 atom stereocenters. The molecule has 0 unspecified atom stereocenters. The number of nitrogens with zero attached hydrogens (tertiary/aromatic N) is 2. The predicted octanol–water partition coefficient (Wildman–Crippen LogP) is 7.04. The van der Waals surface area contributed by atoms with E-state index in [1.807, 2.05) is 73.7 Å². The molecular formula is C37H40BrN3O4S. The van der Waals surface area contributed by atoms with Crippen molar-refractivity contribution in [2.75, 3.05) is 10.8 Å². The van der Waals surface area contributed by atoms with Crippen LogP contribution in [0.3, 0.4) is 0 Å². The fourth-order valence-electron chi connectivity index (χ4n) is 5.84. The second-order valence-electron chi connectivity index (χ2n) is 11.9. The van der Waals surface area contributed by atoms with Crippen LogP contribution in [0.4, 0.5) is 5.69 Å². The average Bonchev–Trinajstić information content (AvgIpc) is 3.07. The number of nitrogens with one attached hydrogen (secondary N) is 1. The number of halogens is 1. The first-order valence-electron chi connectivity index (χ1n) is 15.7. The summed E-state index contributed by atoms with van der Waals surface area (Å²) in [4.78, 5) is 30.4. The summed E-state index contributed by atoms with van der Waals surface area (Å²) in [5.41, 5.74) is 3.07. The van der Waals surface area contributed by atoms with E-state index in [4.69, 9.17) is 0 Å². The number of carbonyl (C=O) groups excluding carboxylic acids is 2. The Hall–Kier alpha value is -3.95. The minimum atomic E-state index is -4.12. The van der Waals surface area contributed by atoms with Gasteiger partial charge in [0.1, 0.15) is 12.6 Å². The van der Waals surface area contributed by atoms with E-state index in [-0.39, 0.29) is 29.8 Å². The molecule has 7 nitrogen and oxygen atoms in total. The normalized spacial score (nSPS) is 14.3. The van der Waals surface area contributed by atoms with Crippen LogP contribution in [0.25, 0.3) is 0 Å². The highest BCUT2D eigenvalue weighted by atomic mass is 79.9. The molecule has 5 rings (SSSR count). The molecule has 0 saturated heterocycles. The Morgan fingerprint density at radius 2 is 1.41 bits per heavy atom. The maximum atomic E-state index is 14.6. The van der Waals surface area contributed by atoms with Crippen LogP contribution < -0.4 is 9.62 Å². The van der Waals surface area contributed by atoms with Crippen LogP contribution in [0.2, 0.25) is 0 Å². The quantitative estimate of drug-likeness (QED) is 0.172. The third-order valence-corrected chi connectivity index (χ3v) is 10.7. The zero-order valence-corrected chi connectivity index (χ0v) is 28.4. The molecule has 1 saturated carbocycles. The van der Waals surface area contributed by atoms with Gasteiger partial charge in [0.25, 0.3) is 10.0 Å². The summed E-state index contributed by atoms with van der Waals surface area (Å²) in [6.07, 6.45) is 5.36. The van der Waals surface area contributed by atoms with Crippen molar-refractivity contribution in [2.45, 2.75) is 69.0 Å². The van der Waals surface area contributed by atoms with E-state index in [0.717, 1.165) is 57.6 Å². The summed E-state index contributed by atoms with van der Waals surface area (Å²) in [7, 11) is -4.12. The van der Waals surface area contributed by atoms with Crippen molar-refractivity contribution in [3.63, 3.8) is 0 Å². The maximum Gasteiger partial charge on any atom is 0.264 e. The van der Waals surface area contributed by atoms with E-state index in [9.17, 15) is 18.0 Å². The maximum absolute atomic E-state index is 14.6. The fraction of sp³-hybridized carbons (Fsp3) is 0.297. The van der Waals surface area contributed by atoms with Crippen LogP contribution in [-0.2, 0) is 32.6 Å². The van der Waals surface area contributed by atoms with Gasteiger partial charge in [0, 0.05) is 23.5 Å². The Kier molecular flexibility index (Phi) is 11.3. The molecule has 1 fully saturated rings. The minimum Gasteiger partial charge on any atom is -0.352 e. The van der Waals surface area contributed by atoms with Crippen LogP contribution in [0, 0.1) is 6.92 Å². The first kappa shape index (κ1) is 33.4. The molecule has 9 heteroatoms. The van der Waals surface area contributed by atoms with Gasteiger partial charge < -0.3 is 10.2 Å². The highest BCUT2D eigenvalue weighted by molar-refractivity contribution is 9.10. The third kappa shape index (κ3) is 8.65. The van der Waals surface area contributed by atoms with E-state index in [0.29, 0.717) is 5.69 Å². The molecule has 2 amide bonds. The average molecular weight is 703 g/mol. The van der Waals surface area contributed by atoms with E-state index < -0.39 is 28.5 Å². The number of anilines is 1. The van der Waals surface area contributed by atoms with E-state index in [1.54, 1.807) is 35.2 Å². The van der Waals surface area contributed by atoms with Crippen molar-refractivity contribution >= 4 is 43.5 Å². The lowest BCUT2D eigenvalue weighted by Gasteiger charge is -2.35. The lowest BCUT2D eigenvalue weighted by atomic mass is 9.94. The Labute approximate surface area is 280 Å². The SMILES string of the molecule is Cc1ccc(N(CC(=O)N(Cc2ccc(Br)cc2)[C@H](Cc2ccccc2)C(=O)NC2CCCCC2)S(=O)(=O)c2ccccc2)cc1. The first-order valence-corrected chi connectivity index (χ1v) is 18.0. The van der Waals surface area contributed by atoms with E-state index in [1.165, 1.54) is 12.1 Å². The van der Waals surface area contributed by atoms with Crippen molar-refractivity contribution < 1.29 is 18.0 Å². The van der Waals surface area contributed by atoms with Gasteiger partial charge in [-0.1, -0.05) is 114 Å². The van der Waals surface area contributed by atoms with Crippen LogP contribution >= 0.6 is 15.9 Å². The van der Waals surface area contributed by atoms with Gasteiger partial charge in [0.2, 0.25) is 11.8 Å². The number of sulfonamides is 1. The standard InChI is InChI=1S/C37H40BrN3O4S/c1-28-17-23-33(24-18-28)41(46(44,45)34-15-9-4-10-16-34)27-36(42)40(26-30-19-21-31(38)22-20-30)35(25-29-11-5-2-6-12-29)37(43)39-32-13-7-3-8-14-32/h2,4-6,9-12,15-24,32,35H,3,7-8,13-14,25-27H2,1H3,(H,39,43)/t35-/m1/s1. The lowest BCUT2D eigenvalue weighted by molar-refractivity contribution is -0.140. The Bertz CT molecular complexity index is 1690. The molecule has 0 radical (unpaired) electrons. The van der Waals surface area contributed by atoms with Crippen molar-refractivity contribution in [3.05, 3.63) is 130 Å². The first-order chi connectivity index (χ1) is 22.2. The molecule has 0 heterocycles. The molecule has 0 aromatic heterocycles. The summed E-state index contributed by atoms with van der Waals surface area (Å²) >= 11 is 3.48. The topological polar surface area (TPSA) is 86.8 Å². The fourth-order valence-corrected chi connectivity index (χ4v) is 7.54. The molecule has 0 bridgehead atoms. The summed E-state index contributed by atoms with van der Waals surface area (Å²) < 4.78 is 30.2. The van der Waals surface area contributed by atoms with Gasteiger partial charge in [-0.3, -0.25) is 13.9 Å². The molecular weight excluding hydrogens is 662 g/mol. The number of rotatable bonds is 12. The highest BCUT2D eigenvalue weighted by Crippen LogP contribution is 2.26. The second-order valence-corrected chi connectivity index (χ2v) is 14.6. The summed E-state index contributed by atoms with van der Waals surface area (Å²) in [6.45, 7) is 1.58. The van der Waals surface area contributed by atoms with Crippen molar-refractivity contribution in [1.82, 2.24) is 10.2 Å². The number of carbonyl (C=O) groups is 2. The summed E-state index contributed by atoms with van der Waals surface area (Å²) in [6, 6.07) is 31.6.